The van der Waals surface area contributed by atoms with Crippen molar-refractivity contribution in [3.63, 3.8) is 0 Å². The quantitative estimate of drug-likeness (QED) is 0.719. The zero-order valence-electron chi connectivity index (χ0n) is 13.3. The summed E-state index contributed by atoms with van der Waals surface area (Å²) in [4.78, 5) is 0.345. The molecule has 1 atom stereocenters. The molecule has 1 aromatic carbocycles. The maximum atomic E-state index is 12.6. The molecule has 0 heterocycles. The second kappa shape index (κ2) is 8.17. The van der Waals surface area contributed by atoms with E-state index < -0.39 is 10.0 Å². The minimum Gasteiger partial charge on any atom is -0.326 e. The van der Waals surface area contributed by atoms with Gasteiger partial charge in [0.25, 0.3) is 0 Å². The van der Waals surface area contributed by atoms with E-state index in [-0.39, 0.29) is 6.04 Å². The number of hydrogen-bond donors (Lipinski definition) is 2. The van der Waals surface area contributed by atoms with Crippen LogP contribution in [-0.4, -0.2) is 26.0 Å². The predicted octanol–water partition coefficient (Wildman–Crippen LogP) is 2.57. The van der Waals surface area contributed by atoms with E-state index in [1.807, 2.05) is 38.6 Å². The summed E-state index contributed by atoms with van der Waals surface area (Å²) in [5, 5.41) is 0. The van der Waals surface area contributed by atoms with E-state index in [0.717, 1.165) is 34.6 Å². The van der Waals surface area contributed by atoms with Crippen molar-refractivity contribution in [2.45, 2.75) is 51.6 Å². The number of rotatable bonds is 8. The third kappa shape index (κ3) is 5.29. The molecule has 0 fully saturated rings. The van der Waals surface area contributed by atoms with Crippen LogP contribution in [0, 0.1) is 13.8 Å². The fourth-order valence-corrected chi connectivity index (χ4v) is 4.54. The van der Waals surface area contributed by atoms with Crippen molar-refractivity contribution in [1.82, 2.24) is 4.72 Å². The van der Waals surface area contributed by atoms with E-state index in [1.165, 1.54) is 0 Å². The van der Waals surface area contributed by atoms with E-state index in [2.05, 4.69) is 11.6 Å². The van der Waals surface area contributed by atoms with Crippen LogP contribution in [0.5, 0.6) is 0 Å². The van der Waals surface area contributed by atoms with Gasteiger partial charge in [0.2, 0.25) is 10.0 Å². The van der Waals surface area contributed by atoms with Gasteiger partial charge in [-0.25, -0.2) is 13.1 Å². The minimum absolute atomic E-state index is 0.0738. The van der Waals surface area contributed by atoms with Crippen LogP contribution in [0.4, 0.5) is 0 Å². The van der Waals surface area contributed by atoms with E-state index in [1.54, 1.807) is 6.07 Å². The highest BCUT2D eigenvalue weighted by Gasteiger charge is 2.21. The van der Waals surface area contributed by atoms with Crippen molar-refractivity contribution in [3.8, 4) is 0 Å². The Labute approximate surface area is 132 Å². The van der Waals surface area contributed by atoms with Gasteiger partial charge in [0.05, 0.1) is 4.90 Å². The number of sulfonamides is 1. The molecule has 4 nitrogen and oxygen atoms in total. The minimum atomic E-state index is -3.50. The Morgan fingerprint density at radius 1 is 1.33 bits per heavy atom. The molecule has 1 rings (SSSR count). The van der Waals surface area contributed by atoms with Crippen molar-refractivity contribution in [1.29, 1.82) is 0 Å². The van der Waals surface area contributed by atoms with Crippen molar-refractivity contribution in [3.05, 3.63) is 28.8 Å². The molecule has 0 amide bonds. The molecule has 0 radical (unpaired) electrons. The summed E-state index contributed by atoms with van der Waals surface area (Å²) in [7, 11) is -3.50. The molecule has 0 aliphatic rings. The Morgan fingerprint density at radius 3 is 2.57 bits per heavy atom. The van der Waals surface area contributed by atoms with Crippen LogP contribution in [0.25, 0.3) is 0 Å². The summed E-state index contributed by atoms with van der Waals surface area (Å²) in [6, 6.07) is 3.55. The second-order valence-corrected chi connectivity index (χ2v) is 8.32. The number of aryl methyl sites for hydroxylation is 1. The van der Waals surface area contributed by atoms with E-state index >= 15 is 0 Å². The monoisotopic (exact) mass is 330 g/mol. The van der Waals surface area contributed by atoms with Gasteiger partial charge in [0.15, 0.2) is 0 Å². The largest absolute Gasteiger partial charge is 0.326 e. The average Bonchev–Trinajstić information content (AvgIpc) is 2.41. The molecule has 3 N–H and O–H groups in total. The first-order valence-electron chi connectivity index (χ1n) is 7.22. The van der Waals surface area contributed by atoms with Crippen LogP contribution >= 0.6 is 11.8 Å². The van der Waals surface area contributed by atoms with Gasteiger partial charge in [-0.05, 0) is 61.5 Å². The Bertz CT molecular complexity index is 571. The number of nitrogens with one attached hydrogen (secondary N) is 1. The molecule has 6 heteroatoms. The molecule has 21 heavy (non-hydrogen) atoms. The second-order valence-electron chi connectivity index (χ2n) is 5.25. The SMILES string of the molecule is CCSCCC(C)NS(=O)(=O)c1cc(CN)cc(C)c1C. The molecule has 0 saturated carbocycles. The fraction of sp³-hybridized carbons (Fsp3) is 0.600. The van der Waals surface area contributed by atoms with Gasteiger partial charge in [-0.3, -0.25) is 0 Å². The highest BCUT2D eigenvalue weighted by atomic mass is 32.2. The van der Waals surface area contributed by atoms with Crippen LogP contribution in [0.1, 0.15) is 37.0 Å². The van der Waals surface area contributed by atoms with Crippen LogP contribution in [0.15, 0.2) is 17.0 Å². The van der Waals surface area contributed by atoms with E-state index in [0.29, 0.717) is 11.4 Å². The van der Waals surface area contributed by atoms with E-state index in [4.69, 9.17) is 5.73 Å². The Hall–Kier alpha value is -0.560. The van der Waals surface area contributed by atoms with Crippen molar-refractivity contribution >= 4 is 21.8 Å². The van der Waals surface area contributed by atoms with Crippen molar-refractivity contribution < 1.29 is 8.42 Å². The summed E-state index contributed by atoms with van der Waals surface area (Å²) in [5.74, 6) is 2.01. The lowest BCUT2D eigenvalue weighted by atomic mass is 10.1. The average molecular weight is 331 g/mol. The highest BCUT2D eigenvalue weighted by molar-refractivity contribution is 7.99. The van der Waals surface area contributed by atoms with Gasteiger partial charge < -0.3 is 5.73 Å². The fourth-order valence-electron chi connectivity index (χ4n) is 2.09. The van der Waals surface area contributed by atoms with Gasteiger partial charge in [0.1, 0.15) is 0 Å². The van der Waals surface area contributed by atoms with Crippen LogP contribution in [-0.2, 0) is 16.6 Å². The first kappa shape index (κ1) is 18.5. The van der Waals surface area contributed by atoms with Gasteiger partial charge in [-0.2, -0.15) is 11.8 Å². The van der Waals surface area contributed by atoms with Gasteiger partial charge in [-0.1, -0.05) is 13.0 Å². The summed E-state index contributed by atoms with van der Waals surface area (Å²) in [6.07, 6.45) is 0.826. The lowest BCUT2D eigenvalue weighted by molar-refractivity contribution is 0.556. The molecule has 0 bridgehead atoms. The highest BCUT2D eigenvalue weighted by Crippen LogP contribution is 2.21. The predicted molar refractivity (Wildman–Crippen MR) is 91.2 cm³/mol. The molecule has 0 aromatic heterocycles. The topological polar surface area (TPSA) is 72.2 Å². The number of hydrogen-bond acceptors (Lipinski definition) is 4. The van der Waals surface area contributed by atoms with Crippen LogP contribution < -0.4 is 10.5 Å². The van der Waals surface area contributed by atoms with Gasteiger partial charge in [-0.15, -0.1) is 0 Å². The van der Waals surface area contributed by atoms with Crippen molar-refractivity contribution in [2.75, 3.05) is 11.5 Å². The third-order valence-electron chi connectivity index (χ3n) is 3.46. The van der Waals surface area contributed by atoms with E-state index in [9.17, 15) is 8.42 Å². The molecule has 0 spiro atoms. The third-order valence-corrected chi connectivity index (χ3v) is 6.11. The first-order chi connectivity index (χ1) is 9.81. The van der Waals surface area contributed by atoms with Gasteiger partial charge >= 0.3 is 0 Å². The molecule has 1 aromatic rings. The summed E-state index contributed by atoms with van der Waals surface area (Å²) in [6.45, 7) is 8.09. The summed E-state index contributed by atoms with van der Waals surface area (Å²) >= 11 is 1.82. The lowest BCUT2D eigenvalue weighted by Crippen LogP contribution is -2.33. The van der Waals surface area contributed by atoms with Gasteiger partial charge in [0, 0.05) is 12.6 Å². The van der Waals surface area contributed by atoms with Crippen LogP contribution in [0.3, 0.4) is 0 Å². The zero-order chi connectivity index (χ0) is 16.0. The first-order valence-corrected chi connectivity index (χ1v) is 9.85. The lowest BCUT2D eigenvalue weighted by Gasteiger charge is -2.17. The maximum absolute atomic E-state index is 12.6. The standard InChI is InChI=1S/C15H26N2O2S2/c1-5-20-7-6-12(3)17-21(18,19)15-9-14(10-16)8-11(2)13(15)4/h8-9,12,17H,5-7,10,16H2,1-4H3. The molecule has 1 unspecified atom stereocenters. The summed E-state index contributed by atoms with van der Waals surface area (Å²) < 4.78 is 27.9. The Morgan fingerprint density at radius 2 is 2.00 bits per heavy atom. The molecular weight excluding hydrogens is 304 g/mol. The normalized spacial score (nSPS) is 13.4. The molecule has 0 aliphatic heterocycles. The number of benzene rings is 1. The molecule has 120 valence electrons. The maximum Gasteiger partial charge on any atom is 0.241 e. The molecule has 0 saturated heterocycles. The Kier molecular flexibility index (Phi) is 7.20. The summed E-state index contributed by atoms with van der Waals surface area (Å²) in [5.41, 5.74) is 8.22. The smallest absolute Gasteiger partial charge is 0.241 e. The number of nitrogens with two attached hydrogens (primary N) is 1. The zero-order valence-corrected chi connectivity index (χ0v) is 14.9. The van der Waals surface area contributed by atoms with Crippen LogP contribution in [0.2, 0.25) is 0 Å². The Balaban J connectivity index is 2.95. The van der Waals surface area contributed by atoms with Crippen molar-refractivity contribution in [2.24, 2.45) is 5.73 Å². The molecular formula is C15H26N2O2S2. The number of thioether (sulfide) groups is 1. The molecule has 0 aliphatic carbocycles.